The van der Waals surface area contributed by atoms with Crippen molar-refractivity contribution < 1.29 is 19.0 Å². The molecule has 0 N–H and O–H groups in total. The third-order valence-corrected chi connectivity index (χ3v) is 6.85. The summed E-state index contributed by atoms with van der Waals surface area (Å²) in [6, 6.07) is 9.44. The largest absolute Gasteiger partial charge is 0.490 e. The second kappa shape index (κ2) is 9.57. The molecule has 1 heterocycles. The van der Waals surface area contributed by atoms with E-state index in [9.17, 15) is 4.79 Å². The van der Waals surface area contributed by atoms with Crippen LogP contribution in [0.1, 0.15) is 25.0 Å². The molecule has 1 aliphatic heterocycles. The van der Waals surface area contributed by atoms with Crippen molar-refractivity contribution in [3.8, 4) is 11.5 Å². The Kier molecular flexibility index (Phi) is 7.37. The fourth-order valence-electron chi connectivity index (χ4n) is 2.54. The van der Waals surface area contributed by atoms with Gasteiger partial charge in [-0.2, -0.15) is 0 Å². The minimum Gasteiger partial charge on any atom is -0.490 e. The van der Waals surface area contributed by atoms with Crippen LogP contribution in [0, 0.1) is 7.14 Å². The summed E-state index contributed by atoms with van der Waals surface area (Å²) in [7, 11) is 0. The molecule has 0 saturated carbocycles. The van der Waals surface area contributed by atoms with E-state index in [0.29, 0.717) is 30.6 Å². The molecule has 1 aliphatic rings. The van der Waals surface area contributed by atoms with Crippen LogP contribution < -0.4 is 9.47 Å². The summed E-state index contributed by atoms with van der Waals surface area (Å²) < 4.78 is 19.6. The normalized spacial score (nSPS) is 14.8. The highest BCUT2D eigenvalue weighted by atomic mass is 127. The minimum absolute atomic E-state index is 0.243. The van der Waals surface area contributed by atoms with E-state index in [-0.39, 0.29) is 5.70 Å². The van der Waals surface area contributed by atoms with Gasteiger partial charge in [0.05, 0.1) is 16.8 Å². The summed E-state index contributed by atoms with van der Waals surface area (Å²) >= 11 is 7.90. The summed E-state index contributed by atoms with van der Waals surface area (Å²) in [5.74, 6) is 1.15. The lowest BCUT2D eigenvalue weighted by molar-refractivity contribution is -0.129. The number of carbonyl (C=O) groups excluding carboxylic acids is 1. The van der Waals surface area contributed by atoms with Crippen molar-refractivity contribution in [1.82, 2.24) is 0 Å². The van der Waals surface area contributed by atoms with E-state index in [1.165, 1.54) is 0 Å². The van der Waals surface area contributed by atoms with Crippen LogP contribution in [0.2, 0.25) is 0 Å². The van der Waals surface area contributed by atoms with Gasteiger partial charge in [0, 0.05) is 13.6 Å². The molecule has 0 radical (unpaired) electrons. The summed E-state index contributed by atoms with van der Waals surface area (Å²) in [5.41, 5.74) is 1.77. The van der Waals surface area contributed by atoms with Gasteiger partial charge in [-0.3, -0.25) is 0 Å². The number of halogens is 3. The van der Waals surface area contributed by atoms with E-state index in [2.05, 4.69) is 66.1 Å². The van der Waals surface area contributed by atoms with Crippen molar-refractivity contribution in [2.75, 3.05) is 13.2 Å². The zero-order chi connectivity index (χ0) is 20.3. The molecular weight excluding hydrogens is 652 g/mol. The summed E-state index contributed by atoms with van der Waals surface area (Å²) in [4.78, 5) is 16.7. The number of cyclic esters (lactones) is 1. The maximum atomic E-state index is 12.3. The van der Waals surface area contributed by atoms with Gasteiger partial charge < -0.3 is 14.2 Å². The molecule has 0 unspecified atom stereocenters. The summed E-state index contributed by atoms with van der Waals surface area (Å²) in [6.07, 6.45) is 1.69. The van der Waals surface area contributed by atoms with Crippen molar-refractivity contribution >= 4 is 79.1 Å². The molecule has 0 amide bonds. The van der Waals surface area contributed by atoms with Gasteiger partial charge in [-0.15, -0.1) is 0 Å². The number of esters is 1. The molecule has 0 saturated heterocycles. The first-order chi connectivity index (χ1) is 13.4. The molecule has 2 aromatic carbocycles. The van der Waals surface area contributed by atoms with Crippen LogP contribution in [0.15, 0.2) is 45.5 Å². The standard InChI is InChI=1S/C20H16BrI2NO4/c1-3-26-17-9-11(7-15(23)18(17)27-4-2)8-16-20(25)28-19(24-16)12-5-6-14(22)13(21)10-12/h5-10H,3-4H2,1-2H3/b16-8-. The first-order valence-corrected chi connectivity index (χ1v) is 11.4. The third kappa shape index (κ3) is 4.88. The molecule has 0 spiro atoms. The van der Waals surface area contributed by atoms with Crippen molar-refractivity contribution in [1.29, 1.82) is 0 Å². The number of carbonyl (C=O) groups is 1. The van der Waals surface area contributed by atoms with Gasteiger partial charge in [-0.25, -0.2) is 9.79 Å². The molecule has 8 heteroatoms. The fraction of sp³-hybridized carbons (Fsp3) is 0.200. The molecule has 0 aliphatic carbocycles. The highest BCUT2D eigenvalue weighted by Gasteiger charge is 2.25. The van der Waals surface area contributed by atoms with Gasteiger partial charge in [-0.05, 0) is 117 Å². The fourth-order valence-corrected chi connectivity index (χ4v) is 4.03. The van der Waals surface area contributed by atoms with Crippen LogP contribution >= 0.6 is 61.1 Å². The van der Waals surface area contributed by atoms with Crippen molar-refractivity contribution in [3.63, 3.8) is 0 Å². The zero-order valence-electron chi connectivity index (χ0n) is 15.1. The lowest BCUT2D eigenvalue weighted by Crippen LogP contribution is -2.05. The van der Waals surface area contributed by atoms with Gasteiger partial charge in [0.2, 0.25) is 5.90 Å². The second-order valence-corrected chi connectivity index (χ2v) is 8.84. The minimum atomic E-state index is -0.480. The van der Waals surface area contributed by atoms with Crippen molar-refractivity contribution in [3.05, 3.63) is 58.8 Å². The Morgan fingerprint density at radius 1 is 1.11 bits per heavy atom. The van der Waals surface area contributed by atoms with E-state index in [1.54, 1.807) is 6.08 Å². The highest BCUT2D eigenvalue weighted by molar-refractivity contribution is 14.1. The smallest absolute Gasteiger partial charge is 0.363 e. The average Bonchev–Trinajstić information content (AvgIpc) is 3.01. The van der Waals surface area contributed by atoms with Gasteiger partial charge >= 0.3 is 5.97 Å². The summed E-state index contributed by atoms with van der Waals surface area (Å²) in [6.45, 7) is 4.90. The van der Waals surface area contributed by atoms with Gasteiger partial charge in [0.1, 0.15) is 0 Å². The highest BCUT2D eigenvalue weighted by Crippen LogP contribution is 2.35. The third-order valence-electron chi connectivity index (χ3n) is 3.71. The number of benzene rings is 2. The average molecular weight is 668 g/mol. The van der Waals surface area contributed by atoms with Crippen molar-refractivity contribution in [2.45, 2.75) is 13.8 Å². The van der Waals surface area contributed by atoms with E-state index < -0.39 is 5.97 Å². The molecule has 0 bridgehead atoms. The van der Waals surface area contributed by atoms with Gasteiger partial charge in [0.15, 0.2) is 17.2 Å². The van der Waals surface area contributed by atoms with Crippen LogP contribution in [-0.4, -0.2) is 25.1 Å². The maximum Gasteiger partial charge on any atom is 0.363 e. The quantitative estimate of drug-likeness (QED) is 0.222. The Bertz CT molecular complexity index is 988. The number of hydrogen-bond donors (Lipinski definition) is 0. The Labute approximate surface area is 199 Å². The first-order valence-electron chi connectivity index (χ1n) is 8.50. The monoisotopic (exact) mass is 667 g/mol. The number of ether oxygens (including phenoxy) is 3. The Morgan fingerprint density at radius 2 is 1.86 bits per heavy atom. The topological polar surface area (TPSA) is 57.1 Å². The molecule has 0 aromatic heterocycles. The van der Waals surface area contributed by atoms with Crippen LogP contribution in [0.25, 0.3) is 6.08 Å². The van der Waals surface area contributed by atoms with E-state index in [4.69, 9.17) is 14.2 Å². The first kappa shape index (κ1) is 21.6. The van der Waals surface area contributed by atoms with Gasteiger partial charge in [-0.1, -0.05) is 0 Å². The Morgan fingerprint density at radius 3 is 2.54 bits per heavy atom. The predicted octanol–water partition coefficient (Wildman–Crippen LogP) is 5.80. The molecule has 5 nitrogen and oxygen atoms in total. The Hall–Kier alpha value is -1.14. The second-order valence-electron chi connectivity index (χ2n) is 5.66. The molecule has 0 fully saturated rings. The lowest BCUT2D eigenvalue weighted by atomic mass is 10.1. The van der Waals surface area contributed by atoms with Crippen molar-refractivity contribution in [2.24, 2.45) is 4.99 Å². The SMILES string of the molecule is CCOc1cc(/C=C2\N=C(c3ccc(I)c(Br)c3)OC2=O)cc(I)c1OCC. The molecular formula is C20H16BrI2NO4. The van der Waals surface area contributed by atoms with E-state index >= 15 is 0 Å². The Balaban J connectivity index is 1.97. The molecule has 146 valence electrons. The zero-order valence-corrected chi connectivity index (χ0v) is 21.0. The lowest BCUT2D eigenvalue weighted by Gasteiger charge is -2.13. The van der Waals surface area contributed by atoms with Crippen LogP contribution in [0.5, 0.6) is 11.5 Å². The van der Waals surface area contributed by atoms with E-state index in [1.807, 2.05) is 44.2 Å². The van der Waals surface area contributed by atoms with Crippen LogP contribution in [0.4, 0.5) is 0 Å². The number of aliphatic imine (C=N–C) groups is 1. The number of rotatable bonds is 6. The predicted molar refractivity (Wildman–Crippen MR) is 129 cm³/mol. The molecule has 0 atom stereocenters. The van der Waals surface area contributed by atoms with Crippen LogP contribution in [-0.2, 0) is 9.53 Å². The maximum absolute atomic E-state index is 12.3. The van der Waals surface area contributed by atoms with Crippen LogP contribution in [0.3, 0.4) is 0 Å². The molecule has 2 aromatic rings. The number of hydrogen-bond acceptors (Lipinski definition) is 5. The molecule has 28 heavy (non-hydrogen) atoms. The van der Waals surface area contributed by atoms with E-state index in [0.717, 1.165) is 22.7 Å². The molecule has 3 rings (SSSR count). The van der Waals surface area contributed by atoms with Gasteiger partial charge in [0.25, 0.3) is 0 Å². The summed E-state index contributed by atoms with van der Waals surface area (Å²) in [5, 5.41) is 0. The number of nitrogens with zero attached hydrogens (tertiary/aromatic N) is 1.